The minimum atomic E-state index is -0.249. The zero-order valence-corrected chi connectivity index (χ0v) is 11.7. The van der Waals surface area contributed by atoms with Crippen LogP contribution in [-0.4, -0.2) is 17.8 Å². The first-order chi connectivity index (χ1) is 8.63. The zero-order chi connectivity index (χ0) is 13.4. The highest BCUT2D eigenvalue weighted by molar-refractivity contribution is 5.14. The number of hydrogen-bond donors (Lipinski definition) is 2. The fourth-order valence-electron chi connectivity index (χ4n) is 2.41. The standard InChI is InChI=1S/C16H27NO/c1-13(2)11-15(12-17)16(18)10-6-9-14-7-4-3-5-8-14/h3-5,7-8,13,15-16,18H,6,9-12,17H2,1-2H3. The molecule has 1 aromatic carbocycles. The summed E-state index contributed by atoms with van der Waals surface area (Å²) in [6, 6.07) is 10.4. The molecule has 0 heterocycles. The van der Waals surface area contributed by atoms with Crippen LogP contribution in [0.2, 0.25) is 0 Å². The number of aliphatic hydroxyl groups excluding tert-OH is 1. The van der Waals surface area contributed by atoms with Crippen LogP contribution in [0.4, 0.5) is 0 Å². The maximum absolute atomic E-state index is 10.2. The van der Waals surface area contributed by atoms with Crippen molar-refractivity contribution >= 4 is 0 Å². The SMILES string of the molecule is CC(C)CC(CN)C(O)CCCc1ccccc1. The summed E-state index contributed by atoms with van der Waals surface area (Å²) in [6.45, 7) is 4.95. The molecule has 2 atom stereocenters. The van der Waals surface area contributed by atoms with E-state index in [1.165, 1.54) is 5.56 Å². The van der Waals surface area contributed by atoms with Gasteiger partial charge in [-0.2, -0.15) is 0 Å². The van der Waals surface area contributed by atoms with Crippen molar-refractivity contribution in [1.82, 2.24) is 0 Å². The zero-order valence-electron chi connectivity index (χ0n) is 11.7. The van der Waals surface area contributed by atoms with Crippen molar-refractivity contribution in [1.29, 1.82) is 0 Å². The molecule has 2 nitrogen and oxygen atoms in total. The first-order valence-corrected chi connectivity index (χ1v) is 7.05. The number of hydrogen-bond acceptors (Lipinski definition) is 2. The molecular formula is C16H27NO. The number of aliphatic hydroxyl groups is 1. The van der Waals surface area contributed by atoms with Gasteiger partial charge in [-0.3, -0.25) is 0 Å². The van der Waals surface area contributed by atoms with Gasteiger partial charge in [0, 0.05) is 0 Å². The lowest BCUT2D eigenvalue weighted by Gasteiger charge is -2.23. The molecule has 2 unspecified atom stereocenters. The van der Waals surface area contributed by atoms with Crippen LogP contribution in [0.1, 0.15) is 38.7 Å². The van der Waals surface area contributed by atoms with Gasteiger partial charge in [-0.25, -0.2) is 0 Å². The Bertz CT molecular complexity index is 310. The molecule has 0 saturated heterocycles. The lowest BCUT2D eigenvalue weighted by molar-refractivity contribution is 0.0890. The predicted molar refractivity (Wildman–Crippen MR) is 77.4 cm³/mol. The molecule has 0 bridgehead atoms. The molecule has 1 rings (SSSR count). The van der Waals surface area contributed by atoms with Gasteiger partial charge in [0.05, 0.1) is 6.10 Å². The Kier molecular flexibility index (Phi) is 6.99. The third-order valence-electron chi connectivity index (χ3n) is 3.43. The smallest absolute Gasteiger partial charge is 0.0580 e. The topological polar surface area (TPSA) is 46.2 Å². The molecule has 2 heteroatoms. The van der Waals surface area contributed by atoms with Crippen LogP contribution in [0.15, 0.2) is 30.3 Å². The molecule has 0 saturated carbocycles. The minimum absolute atomic E-state index is 0.249. The number of nitrogens with two attached hydrogens (primary N) is 1. The molecule has 0 aliphatic carbocycles. The average Bonchev–Trinajstić information content (AvgIpc) is 2.36. The predicted octanol–water partition coefficient (Wildman–Crippen LogP) is 2.99. The van der Waals surface area contributed by atoms with Crippen LogP contribution in [0.5, 0.6) is 0 Å². The molecule has 3 N–H and O–H groups in total. The van der Waals surface area contributed by atoms with E-state index in [4.69, 9.17) is 5.73 Å². The van der Waals surface area contributed by atoms with E-state index in [9.17, 15) is 5.11 Å². The summed E-state index contributed by atoms with van der Waals surface area (Å²) in [6.07, 6.45) is 3.68. The van der Waals surface area contributed by atoms with Crippen LogP contribution in [-0.2, 0) is 6.42 Å². The van der Waals surface area contributed by atoms with Gasteiger partial charge >= 0.3 is 0 Å². The lowest BCUT2D eigenvalue weighted by atomic mass is 9.89. The van der Waals surface area contributed by atoms with E-state index < -0.39 is 0 Å². The van der Waals surface area contributed by atoms with E-state index in [-0.39, 0.29) is 12.0 Å². The highest BCUT2D eigenvalue weighted by Crippen LogP contribution is 2.18. The van der Waals surface area contributed by atoms with Gasteiger partial charge in [0.1, 0.15) is 0 Å². The summed E-state index contributed by atoms with van der Waals surface area (Å²) in [4.78, 5) is 0. The Morgan fingerprint density at radius 3 is 2.39 bits per heavy atom. The van der Waals surface area contributed by atoms with Gasteiger partial charge in [-0.05, 0) is 49.6 Å². The van der Waals surface area contributed by atoms with E-state index in [0.717, 1.165) is 25.7 Å². The van der Waals surface area contributed by atoms with Gasteiger partial charge in [-0.1, -0.05) is 44.2 Å². The molecule has 0 spiro atoms. The lowest BCUT2D eigenvalue weighted by Crippen LogP contribution is -2.29. The summed E-state index contributed by atoms with van der Waals surface area (Å²) in [5.74, 6) is 0.850. The Balaban J connectivity index is 2.29. The molecule has 1 aromatic rings. The Morgan fingerprint density at radius 1 is 1.17 bits per heavy atom. The van der Waals surface area contributed by atoms with Crippen molar-refractivity contribution in [3.63, 3.8) is 0 Å². The number of benzene rings is 1. The second-order valence-electron chi connectivity index (χ2n) is 5.57. The van der Waals surface area contributed by atoms with E-state index in [1.807, 2.05) is 6.07 Å². The van der Waals surface area contributed by atoms with Crippen molar-refractivity contribution in [2.45, 2.75) is 45.6 Å². The van der Waals surface area contributed by atoms with E-state index in [1.54, 1.807) is 0 Å². The van der Waals surface area contributed by atoms with Crippen LogP contribution in [0, 0.1) is 11.8 Å². The van der Waals surface area contributed by atoms with Gasteiger partial charge in [0.25, 0.3) is 0 Å². The summed E-state index contributed by atoms with van der Waals surface area (Å²) < 4.78 is 0. The fourth-order valence-corrected chi connectivity index (χ4v) is 2.41. The summed E-state index contributed by atoms with van der Waals surface area (Å²) >= 11 is 0. The number of rotatable bonds is 8. The Hall–Kier alpha value is -0.860. The highest BCUT2D eigenvalue weighted by atomic mass is 16.3. The van der Waals surface area contributed by atoms with Crippen LogP contribution in [0.25, 0.3) is 0 Å². The average molecular weight is 249 g/mol. The quantitative estimate of drug-likeness (QED) is 0.744. The minimum Gasteiger partial charge on any atom is -0.393 e. The van der Waals surface area contributed by atoms with Crippen LogP contribution >= 0.6 is 0 Å². The maximum atomic E-state index is 10.2. The van der Waals surface area contributed by atoms with Crippen molar-refractivity contribution in [2.24, 2.45) is 17.6 Å². The highest BCUT2D eigenvalue weighted by Gasteiger charge is 2.18. The summed E-state index contributed by atoms with van der Waals surface area (Å²) in [7, 11) is 0. The van der Waals surface area contributed by atoms with E-state index >= 15 is 0 Å². The third-order valence-corrected chi connectivity index (χ3v) is 3.43. The molecule has 0 amide bonds. The first kappa shape index (κ1) is 15.2. The summed E-state index contributed by atoms with van der Waals surface area (Å²) in [5, 5.41) is 10.2. The van der Waals surface area contributed by atoms with Crippen molar-refractivity contribution in [3.05, 3.63) is 35.9 Å². The molecule has 0 aliphatic rings. The van der Waals surface area contributed by atoms with E-state index in [0.29, 0.717) is 12.5 Å². The largest absolute Gasteiger partial charge is 0.393 e. The first-order valence-electron chi connectivity index (χ1n) is 7.05. The van der Waals surface area contributed by atoms with Crippen molar-refractivity contribution in [3.8, 4) is 0 Å². The molecular weight excluding hydrogens is 222 g/mol. The van der Waals surface area contributed by atoms with Gasteiger partial charge < -0.3 is 10.8 Å². The second kappa shape index (κ2) is 8.28. The molecule has 102 valence electrons. The normalized spacial score (nSPS) is 14.7. The van der Waals surface area contributed by atoms with Gasteiger partial charge in [-0.15, -0.1) is 0 Å². The molecule has 18 heavy (non-hydrogen) atoms. The monoisotopic (exact) mass is 249 g/mol. The fraction of sp³-hybridized carbons (Fsp3) is 0.625. The Labute approximate surface area is 111 Å². The van der Waals surface area contributed by atoms with Crippen molar-refractivity contribution in [2.75, 3.05) is 6.54 Å². The van der Waals surface area contributed by atoms with Crippen LogP contribution < -0.4 is 5.73 Å². The van der Waals surface area contributed by atoms with Crippen molar-refractivity contribution < 1.29 is 5.11 Å². The molecule has 0 radical (unpaired) electrons. The Morgan fingerprint density at radius 2 is 1.83 bits per heavy atom. The second-order valence-corrected chi connectivity index (χ2v) is 5.57. The maximum Gasteiger partial charge on any atom is 0.0580 e. The molecule has 0 aromatic heterocycles. The summed E-state index contributed by atoms with van der Waals surface area (Å²) in [5.41, 5.74) is 7.09. The van der Waals surface area contributed by atoms with Gasteiger partial charge in [0.2, 0.25) is 0 Å². The molecule has 0 aliphatic heterocycles. The van der Waals surface area contributed by atoms with Crippen LogP contribution in [0.3, 0.4) is 0 Å². The van der Waals surface area contributed by atoms with E-state index in [2.05, 4.69) is 38.1 Å². The third kappa shape index (κ3) is 5.65. The molecule has 0 fully saturated rings. The number of aryl methyl sites for hydroxylation is 1. The van der Waals surface area contributed by atoms with Gasteiger partial charge in [0.15, 0.2) is 0 Å².